The van der Waals surface area contributed by atoms with Gasteiger partial charge in [-0.15, -0.1) is 0 Å². The van der Waals surface area contributed by atoms with Crippen LogP contribution < -0.4 is 0 Å². The molecule has 2 amide bonds. The Morgan fingerprint density at radius 3 is 1.78 bits per heavy atom. The number of carbonyl (C=O) groups excluding carboxylic acids is 2. The lowest BCUT2D eigenvalue weighted by atomic mass is 9.92. The lowest BCUT2D eigenvalue weighted by Crippen LogP contribution is -2.34. The van der Waals surface area contributed by atoms with E-state index in [0.717, 1.165) is 12.8 Å². The number of hydrogen-bond acceptors (Lipinski definition) is 2. The first-order valence-electron chi connectivity index (χ1n) is 7.31. The number of imide groups is 1. The monoisotopic (exact) mass is 249 g/mol. The van der Waals surface area contributed by atoms with Crippen LogP contribution in [0.3, 0.4) is 0 Å². The molecule has 0 aromatic heterocycles. The van der Waals surface area contributed by atoms with E-state index in [0.29, 0.717) is 12.5 Å². The Kier molecular flexibility index (Phi) is 4.97. The van der Waals surface area contributed by atoms with E-state index >= 15 is 0 Å². The van der Waals surface area contributed by atoms with Gasteiger partial charge in [-0.25, -0.2) is 0 Å². The Balaban J connectivity index is 1.85. The number of carbonyl (C=O) groups is 2. The van der Waals surface area contributed by atoms with E-state index in [2.05, 4.69) is 0 Å². The highest BCUT2D eigenvalue weighted by atomic mass is 16.2. The van der Waals surface area contributed by atoms with Gasteiger partial charge in [-0.1, -0.05) is 44.9 Å². The molecule has 1 fully saturated rings. The predicted molar refractivity (Wildman–Crippen MR) is 70.9 cm³/mol. The Morgan fingerprint density at radius 2 is 1.28 bits per heavy atom. The quantitative estimate of drug-likeness (QED) is 0.705. The average Bonchev–Trinajstić information content (AvgIpc) is 2.69. The summed E-state index contributed by atoms with van der Waals surface area (Å²) in [7, 11) is 0. The molecule has 0 spiro atoms. The molecule has 0 bridgehead atoms. The van der Waals surface area contributed by atoms with Crippen LogP contribution in [0.2, 0.25) is 0 Å². The van der Waals surface area contributed by atoms with Gasteiger partial charge in [0.1, 0.15) is 0 Å². The number of rotatable bonds is 2. The van der Waals surface area contributed by atoms with Gasteiger partial charge in [0.05, 0.1) is 0 Å². The van der Waals surface area contributed by atoms with Crippen molar-refractivity contribution < 1.29 is 9.59 Å². The van der Waals surface area contributed by atoms with Gasteiger partial charge in [-0.2, -0.15) is 0 Å². The van der Waals surface area contributed by atoms with E-state index in [1.807, 2.05) is 0 Å². The molecule has 0 aromatic rings. The summed E-state index contributed by atoms with van der Waals surface area (Å²) < 4.78 is 0. The molecule has 0 N–H and O–H groups in total. The number of hydrogen-bond donors (Lipinski definition) is 0. The zero-order valence-corrected chi connectivity index (χ0v) is 11.1. The number of amides is 2. The molecule has 0 radical (unpaired) electrons. The molecule has 3 heteroatoms. The summed E-state index contributed by atoms with van der Waals surface area (Å²) in [5.41, 5.74) is 0. The summed E-state index contributed by atoms with van der Waals surface area (Å²) in [6.07, 6.45) is 14.3. The first kappa shape index (κ1) is 13.3. The lowest BCUT2D eigenvalue weighted by Gasteiger charge is -2.23. The van der Waals surface area contributed by atoms with Crippen molar-refractivity contribution in [1.82, 2.24) is 4.90 Å². The van der Waals surface area contributed by atoms with Gasteiger partial charge < -0.3 is 0 Å². The topological polar surface area (TPSA) is 37.4 Å². The minimum Gasteiger partial charge on any atom is -0.275 e. The first-order chi connectivity index (χ1) is 8.77. The largest absolute Gasteiger partial charge is 0.275 e. The highest BCUT2D eigenvalue weighted by Gasteiger charge is 2.26. The molecule has 2 rings (SSSR count). The SMILES string of the molecule is O=C1C=CC(=O)N1CC1CCCCCCCCC1. The zero-order valence-electron chi connectivity index (χ0n) is 11.1. The lowest BCUT2D eigenvalue weighted by molar-refractivity contribution is -0.137. The van der Waals surface area contributed by atoms with E-state index in [4.69, 9.17) is 0 Å². The summed E-state index contributed by atoms with van der Waals surface area (Å²) in [5.74, 6) is 0.255. The molecule has 3 nitrogen and oxygen atoms in total. The average molecular weight is 249 g/mol. The van der Waals surface area contributed by atoms with Crippen LogP contribution >= 0.6 is 0 Å². The summed E-state index contributed by atoms with van der Waals surface area (Å²) in [5, 5.41) is 0. The maximum Gasteiger partial charge on any atom is 0.253 e. The van der Waals surface area contributed by atoms with Crippen molar-refractivity contribution in [1.29, 1.82) is 0 Å². The second kappa shape index (κ2) is 6.72. The highest BCUT2D eigenvalue weighted by Crippen LogP contribution is 2.23. The third-order valence-corrected chi connectivity index (χ3v) is 4.07. The van der Waals surface area contributed by atoms with Crippen molar-refractivity contribution in [3.05, 3.63) is 12.2 Å². The molecule has 1 saturated carbocycles. The summed E-state index contributed by atoms with van der Waals surface area (Å²) in [6.45, 7) is 0.630. The normalized spacial score (nSPS) is 23.7. The molecule has 0 aromatic carbocycles. The predicted octanol–water partition coefficient (Wildman–Crippen LogP) is 3.05. The summed E-state index contributed by atoms with van der Waals surface area (Å²) in [4.78, 5) is 24.5. The van der Waals surface area contributed by atoms with Crippen LogP contribution in [0.1, 0.15) is 57.8 Å². The molecule has 2 aliphatic rings. The Hall–Kier alpha value is -1.12. The van der Waals surface area contributed by atoms with Crippen LogP contribution in [0.15, 0.2) is 12.2 Å². The number of nitrogens with zero attached hydrogens (tertiary/aromatic N) is 1. The van der Waals surface area contributed by atoms with Crippen molar-refractivity contribution >= 4 is 11.8 Å². The smallest absolute Gasteiger partial charge is 0.253 e. The molecule has 0 saturated heterocycles. The fraction of sp³-hybridized carbons (Fsp3) is 0.733. The zero-order chi connectivity index (χ0) is 12.8. The van der Waals surface area contributed by atoms with Crippen molar-refractivity contribution in [2.24, 2.45) is 5.92 Å². The standard InChI is InChI=1S/C15H23NO2/c17-14-10-11-15(18)16(14)12-13-8-6-4-2-1-3-5-7-9-13/h10-11,13H,1-9,12H2. The minimum atomic E-state index is -0.128. The third-order valence-electron chi connectivity index (χ3n) is 4.07. The second-order valence-corrected chi connectivity index (χ2v) is 5.54. The van der Waals surface area contributed by atoms with Gasteiger partial charge >= 0.3 is 0 Å². The van der Waals surface area contributed by atoms with Crippen LogP contribution in [0, 0.1) is 5.92 Å². The van der Waals surface area contributed by atoms with Crippen LogP contribution in [0.5, 0.6) is 0 Å². The van der Waals surface area contributed by atoms with E-state index < -0.39 is 0 Å². The first-order valence-corrected chi connectivity index (χ1v) is 7.31. The highest BCUT2D eigenvalue weighted by molar-refractivity contribution is 6.12. The fourth-order valence-electron chi connectivity index (χ4n) is 2.95. The maximum atomic E-state index is 11.6. The van der Waals surface area contributed by atoms with E-state index in [1.54, 1.807) is 0 Å². The molecule has 18 heavy (non-hydrogen) atoms. The molecule has 0 atom stereocenters. The van der Waals surface area contributed by atoms with Crippen LogP contribution in [-0.2, 0) is 9.59 Å². The van der Waals surface area contributed by atoms with Crippen LogP contribution in [0.4, 0.5) is 0 Å². The third kappa shape index (κ3) is 3.69. The molecule has 1 heterocycles. The van der Waals surface area contributed by atoms with Crippen LogP contribution in [0.25, 0.3) is 0 Å². The Morgan fingerprint density at radius 1 is 0.833 bits per heavy atom. The van der Waals surface area contributed by atoms with Gasteiger partial charge in [-0.05, 0) is 18.8 Å². The molecule has 100 valence electrons. The van der Waals surface area contributed by atoms with Crippen molar-refractivity contribution in [2.45, 2.75) is 57.8 Å². The Bertz CT molecular complexity index is 307. The van der Waals surface area contributed by atoms with E-state index in [1.165, 1.54) is 62.0 Å². The molecule has 1 aliphatic heterocycles. The Labute approximate surface area is 109 Å². The molecule has 0 unspecified atom stereocenters. The maximum absolute atomic E-state index is 11.6. The van der Waals surface area contributed by atoms with Crippen molar-refractivity contribution in [2.75, 3.05) is 6.54 Å². The summed E-state index contributed by atoms with van der Waals surface area (Å²) in [6, 6.07) is 0. The van der Waals surface area contributed by atoms with Gasteiger partial charge in [0.25, 0.3) is 11.8 Å². The summed E-state index contributed by atoms with van der Waals surface area (Å²) >= 11 is 0. The molecule has 1 aliphatic carbocycles. The molecular weight excluding hydrogens is 226 g/mol. The molecular formula is C15H23NO2. The van der Waals surface area contributed by atoms with E-state index in [-0.39, 0.29) is 11.8 Å². The van der Waals surface area contributed by atoms with Crippen molar-refractivity contribution in [3.63, 3.8) is 0 Å². The fourth-order valence-corrected chi connectivity index (χ4v) is 2.95. The van der Waals surface area contributed by atoms with Gasteiger partial charge in [0.15, 0.2) is 0 Å². The van der Waals surface area contributed by atoms with Crippen molar-refractivity contribution in [3.8, 4) is 0 Å². The van der Waals surface area contributed by atoms with E-state index in [9.17, 15) is 9.59 Å². The van der Waals surface area contributed by atoms with Gasteiger partial charge in [-0.3, -0.25) is 14.5 Å². The van der Waals surface area contributed by atoms with Crippen LogP contribution in [-0.4, -0.2) is 23.3 Å². The second-order valence-electron chi connectivity index (χ2n) is 5.54. The van der Waals surface area contributed by atoms with Gasteiger partial charge in [0.2, 0.25) is 0 Å². The minimum absolute atomic E-state index is 0.128. The van der Waals surface area contributed by atoms with Gasteiger partial charge in [0, 0.05) is 18.7 Å².